The molecule has 0 fully saturated rings. The van der Waals surface area contributed by atoms with Crippen molar-refractivity contribution in [3.63, 3.8) is 0 Å². The SMILES string of the molecule is Cc1c(O)ccc2cc(OC(=O)NCc3ccccc3)c(=O)oc12. The zero-order valence-electron chi connectivity index (χ0n) is 12.9. The van der Waals surface area contributed by atoms with Gasteiger partial charge < -0.3 is 19.6 Å². The summed E-state index contributed by atoms with van der Waals surface area (Å²) < 4.78 is 10.2. The average Bonchev–Trinajstić information content (AvgIpc) is 2.59. The van der Waals surface area contributed by atoms with Crippen molar-refractivity contribution >= 4 is 17.1 Å². The number of benzene rings is 2. The minimum atomic E-state index is -0.786. The number of carbonyl (C=O) groups is 1. The number of amides is 1. The Bertz CT molecular complexity index is 947. The molecule has 24 heavy (non-hydrogen) atoms. The van der Waals surface area contributed by atoms with Crippen LogP contribution in [0.1, 0.15) is 11.1 Å². The molecule has 0 saturated carbocycles. The van der Waals surface area contributed by atoms with Gasteiger partial charge in [0.1, 0.15) is 11.3 Å². The highest BCUT2D eigenvalue weighted by atomic mass is 16.6. The number of aryl methyl sites for hydroxylation is 1. The molecule has 6 nitrogen and oxygen atoms in total. The maximum atomic E-state index is 12.0. The maximum absolute atomic E-state index is 12.0. The van der Waals surface area contributed by atoms with Crippen molar-refractivity contribution in [1.29, 1.82) is 0 Å². The highest BCUT2D eigenvalue weighted by molar-refractivity contribution is 5.83. The smallest absolute Gasteiger partial charge is 0.413 e. The molecule has 1 aromatic heterocycles. The summed E-state index contributed by atoms with van der Waals surface area (Å²) in [5, 5.41) is 12.8. The minimum Gasteiger partial charge on any atom is -0.508 e. The van der Waals surface area contributed by atoms with Crippen LogP contribution in [0, 0.1) is 6.92 Å². The van der Waals surface area contributed by atoms with Gasteiger partial charge in [0.05, 0.1) is 0 Å². The Labute approximate surface area is 137 Å². The van der Waals surface area contributed by atoms with Crippen molar-refractivity contribution in [3.05, 3.63) is 70.1 Å². The van der Waals surface area contributed by atoms with Crippen LogP contribution in [-0.2, 0) is 6.54 Å². The van der Waals surface area contributed by atoms with Gasteiger partial charge >= 0.3 is 11.7 Å². The molecule has 2 aromatic carbocycles. The topological polar surface area (TPSA) is 88.8 Å². The molecule has 0 aliphatic carbocycles. The van der Waals surface area contributed by atoms with Gasteiger partial charge in [0.2, 0.25) is 5.75 Å². The van der Waals surface area contributed by atoms with Crippen LogP contribution in [-0.4, -0.2) is 11.2 Å². The molecule has 0 saturated heterocycles. The van der Waals surface area contributed by atoms with E-state index in [9.17, 15) is 14.7 Å². The van der Waals surface area contributed by atoms with Crippen LogP contribution in [0.2, 0.25) is 0 Å². The molecule has 3 rings (SSSR count). The third-order valence-corrected chi connectivity index (χ3v) is 3.57. The number of phenols is 1. The summed E-state index contributed by atoms with van der Waals surface area (Å²) in [6.07, 6.45) is -0.749. The lowest BCUT2D eigenvalue weighted by atomic mass is 10.1. The first-order valence-electron chi connectivity index (χ1n) is 7.30. The van der Waals surface area contributed by atoms with Crippen LogP contribution in [0.25, 0.3) is 11.0 Å². The summed E-state index contributed by atoms with van der Waals surface area (Å²) in [7, 11) is 0. The van der Waals surface area contributed by atoms with E-state index in [0.717, 1.165) is 5.56 Å². The average molecular weight is 325 g/mol. The van der Waals surface area contributed by atoms with E-state index < -0.39 is 11.7 Å². The lowest BCUT2D eigenvalue weighted by Gasteiger charge is -2.07. The number of hydrogen-bond donors (Lipinski definition) is 2. The van der Waals surface area contributed by atoms with Crippen LogP contribution in [0.3, 0.4) is 0 Å². The molecule has 1 amide bonds. The highest BCUT2D eigenvalue weighted by Crippen LogP contribution is 2.26. The summed E-state index contributed by atoms with van der Waals surface area (Å²) in [6, 6.07) is 13.8. The summed E-state index contributed by atoms with van der Waals surface area (Å²) in [5.41, 5.74) is 0.832. The molecule has 6 heteroatoms. The second kappa shape index (κ2) is 6.45. The van der Waals surface area contributed by atoms with E-state index in [4.69, 9.17) is 9.15 Å². The predicted molar refractivity (Wildman–Crippen MR) is 88.2 cm³/mol. The Morgan fingerprint density at radius 1 is 1.21 bits per heavy atom. The molecule has 2 N–H and O–H groups in total. The summed E-state index contributed by atoms with van der Waals surface area (Å²) in [6.45, 7) is 1.92. The Kier molecular flexibility index (Phi) is 4.20. The molecule has 0 aliphatic heterocycles. The van der Waals surface area contributed by atoms with E-state index in [-0.39, 0.29) is 23.6 Å². The number of aromatic hydroxyl groups is 1. The van der Waals surface area contributed by atoms with Gasteiger partial charge in [-0.25, -0.2) is 9.59 Å². The lowest BCUT2D eigenvalue weighted by Crippen LogP contribution is -2.27. The van der Waals surface area contributed by atoms with Gasteiger partial charge in [-0.15, -0.1) is 0 Å². The van der Waals surface area contributed by atoms with Crippen LogP contribution >= 0.6 is 0 Å². The zero-order valence-corrected chi connectivity index (χ0v) is 12.9. The molecule has 0 atom stereocenters. The minimum absolute atomic E-state index is 0.0277. The third-order valence-electron chi connectivity index (χ3n) is 3.57. The van der Waals surface area contributed by atoms with Gasteiger partial charge in [-0.3, -0.25) is 0 Å². The molecular weight excluding hydrogens is 310 g/mol. The number of fused-ring (bicyclic) bond motifs is 1. The molecule has 0 bridgehead atoms. The Morgan fingerprint density at radius 2 is 1.96 bits per heavy atom. The fraction of sp³-hybridized carbons (Fsp3) is 0.111. The van der Waals surface area contributed by atoms with Gasteiger partial charge in [0.15, 0.2) is 0 Å². The van der Waals surface area contributed by atoms with Gasteiger partial charge in [0.25, 0.3) is 0 Å². The predicted octanol–water partition coefficient (Wildman–Crippen LogP) is 3.10. The normalized spacial score (nSPS) is 10.5. The molecule has 1 heterocycles. The first-order valence-corrected chi connectivity index (χ1v) is 7.30. The van der Waals surface area contributed by atoms with E-state index in [0.29, 0.717) is 10.9 Å². The second-order valence-electron chi connectivity index (χ2n) is 5.25. The van der Waals surface area contributed by atoms with Crippen molar-refractivity contribution in [1.82, 2.24) is 5.32 Å². The summed E-state index contributed by atoms with van der Waals surface area (Å²) in [5.74, 6) is -0.182. The van der Waals surface area contributed by atoms with Gasteiger partial charge in [-0.2, -0.15) is 0 Å². The molecule has 3 aromatic rings. The quantitative estimate of drug-likeness (QED) is 0.722. The van der Waals surface area contributed by atoms with E-state index in [2.05, 4.69) is 5.32 Å². The number of nitrogens with one attached hydrogen (secondary N) is 1. The third kappa shape index (κ3) is 3.22. The first-order chi connectivity index (χ1) is 11.5. The largest absolute Gasteiger partial charge is 0.508 e. The van der Waals surface area contributed by atoms with Crippen molar-refractivity contribution in [3.8, 4) is 11.5 Å². The fourth-order valence-electron chi connectivity index (χ4n) is 2.27. The highest BCUT2D eigenvalue weighted by Gasteiger charge is 2.13. The van der Waals surface area contributed by atoms with Gasteiger partial charge in [0, 0.05) is 17.5 Å². The Hall–Kier alpha value is -3.28. The van der Waals surface area contributed by atoms with Crippen LogP contribution in [0.5, 0.6) is 11.5 Å². The number of rotatable bonds is 3. The number of carbonyl (C=O) groups excluding carboxylic acids is 1. The Balaban J connectivity index is 1.77. The standard InChI is InChI=1S/C18H15NO5/c1-11-14(20)8-7-13-9-15(17(21)24-16(11)13)23-18(22)19-10-12-5-3-2-4-6-12/h2-9,20H,10H2,1H3,(H,19,22). The molecular formula is C18H15NO5. The molecule has 0 unspecified atom stereocenters. The van der Waals surface area contributed by atoms with Gasteiger partial charge in [-0.1, -0.05) is 30.3 Å². The monoisotopic (exact) mass is 325 g/mol. The molecule has 122 valence electrons. The summed E-state index contributed by atoms with van der Waals surface area (Å²) in [4.78, 5) is 23.8. The fourth-order valence-corrected chi connectivity index (χ4v) is 2.27. The van der Waals surface area contributed by atoms with Crippen molar-refractivity contribution in [2.45, 2.75) is 13.5 Å². The van der Waals surface area contributed by atoms with Crippen LogP contribution in [0.15, 0.2) is 57.7 Å². The number of ether oxygens (including phenoxy) is 1. The second-order valence-corrected chi connectivity index (χ2v) is 5.25. The van der Waals surface area contributed by atoms with E-state index in [1.165, 1.54) is 12.1 Å². The molecule has 0 aliphatic rings. The van der Waals surface area contributed by atoms with E-state index in [1.54, 1.807) is 13.0 Å². The Morgan fingerprint density at radius 3 is 2.71 bits per heavy atom. The zero-order chi connectivity index (χ0) is 17.1. The molecule has 0 spiro atoms. The van der Waals surface area contributed by atoms with Crippen LogP contribution in [0.4, 0.5) is 4.79 Å². The van der Waals surface area contributed by atoms with Crippen molar-refractivity contribution in [2.75, 3.05) is 0 Å². The van der Waals surface area contributed by atoms with Crippen molar-refractivity contribution in [2.24, 2.45) is 0 Å². The lowest BCUT2D eigenvalue weighted by molar-refractivity contribution is 0.198. The van der Waals surface area contributed by atoms with Crippen LogP contribution < -0.4 is 15.7 Å². The van der Waals surface area contributed by atoms with E-state index >= 15 is 0 Å². The maximum Gasteiger partial charge on any atom is 0.413 e. The first kappa shape index (κ1) is 15.6. The summed E-state index contributed by atoms with van der Waals surface area (Å²) >= 11 is 0. The van der Waals surface area contributed by atoms with E-state index in [1.807, 2.05) is 30.3 Å². The van der Waals surface area contributed by atoms with Crippen molar-refractivity contribution < 1.29 is 19.1 Å². The number of phenolic OH excluding ortho intramolecular Hbond substituents is 1. The number of hydrogen-bond acceptors (Lipinski definition) is 5. The van der Waals surface area contributed by atoms with Gasteiger partial charge in [-0.05, 0) is 30.7 Å². The molecule has 0 radical (unpaired) electrons.